The quantitative estimate of drug-likeness (QED) is 0.652. The van der Waals surface area contributed by atoms with Crippen LogP contribution in [0.3, 0.4) is 0 Å². The van der Waals surface area contributed by atoms with Crippen molar-refractivity contribution in [3.05, 3.63) is 47.5 Å². The lowest BCUT2D eigenvalue weighted by Crippen LogP contribution is -2.41. The van der Waals surface area contributed by atoms with Gasteiger partial charge in [0.25, 0.3) is 0 Å². The standard InChI is InChI=1S/C19H20FNO5/c1-19(2,3)18(24)21-16(17(23)25-4)13-7-5-11(9-14(13)20)15-8-6-12(10-22)26-15/h5-10,16H,1-4H3,(H,21,24)/t16-/m1/s1. The van der Waals surface area contributed by atoms with Crippen LogP contribution in [0.5, 0.6) is 0 Å². The number of amides is 1. The molecule has 0 aliphatic heterocycles. The largest absolute Gasteiger partial charge is 0.467 e. The zero-order valence-corrected chi connectivity index (χ0v) is 15.0. The predicted octanol–water partition coefficient (Wildman–Crippen LogP) is 3.27. The van der Waals surface area contributed by atoms with E-state index < -0.39 is 29.2 Å². The number of hydrogen-bond donors (Lipinski definition) is 1. The van der Waals surface area contributed by atoms with Crippen LogP contribution in [0.4, 0.5) is 4.39 Å². The Labute approximate surface area is 150 Å². The molecule has 1 heterocycles. The van der Waals surface area contributed by atoms with E-state index in [1.54, 1.807) is 20.8 Å². The van der Waals surface area contributed by atoms with Crippen molar-refractivity contribution in [1.82, 2.24) is 5.32 Å². The van der Waals surface area contributed by atoms with Crippen LogP contribution in [-0.4, -0.2) is 25.3 Å². The number of carbonyl (C=O) groups excluding carboxylic acids is 3. The molecule has 0 radical (unpaired) electrons. The lowest BCUT2D eigenvalue weighted by molar-refractivity contribution is -0.146. The maximum Gasteiger partial charge on any atom is 0.333 e. The normalized spacial score (nSPS) is 12.3. The zero-order chi connectivity index (χ0) is 19.5. The molecule has 2 rings (SSSR count). The fraction of sp³-hybridized carbons (Fsp3) is 0.316. The van der Waals surface area contributed by atoms with Crippen LogP contribution < -0.4 is 5.32 Å². The van der Waals surface area contributed by atoms with Gasteiger partial charge in [0.2, 0.25) is 5.91 Å². The Balaban J connectivity index is 2.37. The van der Waals surface area contributed by atoms with Crippen molar-refractivity contribution in [3.8, 4) is 11.3 Å². The van der Waals surface area contributed by atoms with Gasteiger partial charge in [-0.25, -0.2) is 9.18 Å². The topological polar surface area (TPSA) is 85.6 Å². The van der Waals surface area contributed by atoms with Crippen LogP contribution >= 0.6 is 0 Å². The first-order valence-corrected chi connectivity index (χ1v) is 7.91. The summed E-state index contributed by atoms with van der Waals surface area (Å²) in [7, 11) is 1.16. The third-order valence-corrected chi connectivity index (χ3v) is 3.73. The van der Waals surface area contributed by atoms with E-state index in [0.29, 0.717) is 17.6 Å². The number of esters is 1. The number of halogens is 1. The van der Waals surface area contributed by atoms with Crippen molar-refractivity contribution in [2.75, 3.05) is 7.11 Å². The van der Waals surface area contributed by atoms with E-state index in [0.717, 1.165) is 7.11 Å². The summed E-state index contributed by atoms with van der Waals surface area (Å²) < 4.78 is 24.6. The minimum absolute atomic E-state index is 0.0274. The van der Waals surface area contributed by atoms with Gasteiger partial charge in [0.15, 0.2) is 18.1 Å². The van der Waals surface area contributed by atoms with E-state index in [2.05, 4.69) is 5.32 Å². The summed E-state index contributed by atoms with van der Waals surface area (Å²) in [5.74, 6) is -1.48. The maximum absolute atomic E-state index is 14.6. The molecule has 0 spiro atoms. The Hall–Kier alpha value is -2.96. The molecule has 26 heavy (non-hydrogen) atoms. The Morgan fingerprint density at radius 1 is 1.23 bits per heavy atom. The van der Waals surface area contributed by atoms with E-state index >= 15 is 0 Å². The minimum Gasteiger partial charge on any atom is -0.467 e. The average Bonchev–Trinajstić information content (AvgIpc) is 3.07. The summed E-state index contributed by atoms with van der Waals surface area (Å²) in [5.41, 5.74) is -0.396. The number of rotatable bonds is 5. The van der Waals surface area contributed by atoms with Crippen LogP contribution in [0.25, 0.3) is 11.3 Å². The maximum atomic E-state index is 14.6. The number of furan rings is 1. The van der Waals surface area contributed by atoms with Crippen LogP contribution in [-0.2, 0) is 14.3 Å². The molecule has 0 aliphatic carbocycles. The van der Waals surface area contributed by atoms with Gasteiger partial charge in [-0.15, -0.1) is 0 Å². The van der Waals surface area contributed by atoms with Crippen molar-refractivity contribution in [2.45, 2.75) is 26.8 Å². The molecule has 0 aliphatic rings. The number of nitrogens with one attached hydrogen (secondary N) is 1. The summed E-state index contributed by atoms with van der Waals surface area (Å²) in [6, 6.07) is 5.81. The molecule has 0 fully saturated rings. The van der Waals surface area contributed by atoms with Gasteiger partial charge >= 0.3 is 5.97 Å². The number of methoxy groups -OCH3 is 1. The van der Waals surface area contributed by atoms with Crippen LogP contribution in [0.15, 0.2) is 34.7 Å². The molecule has 0 saturated heterocycles. The molecule has 138 valence electrons. The van der Waals surface area contributed by atoms with Gasteiger partial charge in [0.05, 0.1) is 7.11 Å². The van der Waals surface area contributed by atoms with Crippen LogP contribution in [0, 0.1) is 11.2 Å². The molecule has 6 nitrogen and oxygen atoms in total. The van der Waals surface area contributed by atoms with Crippen molar-refractivity contribution in [3.63, 3.8) is 0 Å². The molecule has 0 unspecified atom stereocenters. The molecule has 0 bridgehead atoms. The third kappa shape index (κ3) is 4.17. The molecular weight excluding hydrogens is 341 g/mol. The van der Waals surface area contributed by atoms with Crippen LogP contribution in [0.1, 0.15) is 42.9 Å². The minimum atomic E-state index is -1.28. The number of aldehydes is 1. The van der Waals surface area contributed by atoms with Gasteiger partial charge in [-0.05, 0) is 18.2 Å². The Kier molecular flexibility index (Phi) is 5.59. The summed E-state index contributed by atoms with van der Waals surface area (Å²) in [6.45, 7) is 5.03. The van der Waals surface area contributed by atoms with Gasteiger partial charge in [0.1, 0.15) is 11.6 Å². The number of carbonyl (C=O) groups is 3. The number of ether oxygens (including phenoxy) is 1. The smallest absolute Gasteiger partial charge is 0.333 e. The predicted molar refractivity (Wildman–Crippen MR) is 91.8 cm³/mol. The molecule has 2 aromatic rings. The highest BCUT2D eigenvalue weighted by atomic mass is 19.1. The fourth-order valence-electron chi connectivity index (χ4n) is 2.21. The second-order valence-electron chi connectivity index (χ2n) is 6.74. The first kappa shape index (κ1) is 19.4. The van der Waals surface area contributed by atoms with E-state index in [4.69, 9.17) is 9.15 Å². The Morgan fingerprint density at radius 2 is 1.92 bits per heavy atom. The molecule has 1 aromatic heterocycles. The lowest BCUT2D eigenvalue weighted by atomic mass is 9.94. The van der Waals surface area contributed by atoms with E-state index in [9.17, 15) is 18.8 Å². The van der Waals surface area contributed by atoms with Gasteiger partial charge in [-0.3, -0.25) is 9.59 Å². The average molecular weight is 361 g/mol. The highest BCUT2D eigenvalue weighted by Gasteiger charge is 2.31. The second-order valence-corrected chi connectivity index (χ2v) is 6.74. The molecule has 1 aromatic carbocycles. The molecule has 1 amide bonds. The third-order valence-electron chi connectivity index (χ3n) is 3.73. The molecular formula is C19H20FNO5. The summed E-state index contributed by atoms with van der Waals surface area (Å²) >= 11 is 0. The molecule has 7 heteroatoms. The lowest BCUT2D eigenvalue weighted by Gasteiger charge is -2.23. The highest BCUT2D eigenvalue weighted by molar-refractivity contribution is 5.88. The number of benzene rings is 1. The van der Waals surface area contributed by atoms with Crippen molar-refractivity contribution >= 4 is 18.2 Å². The SMILES string of the molecule is COC(=O)[C@H](NC(=O)C(C)(C)C)c1ccc(-c2ccc(C=O)o2)cc1F. The van der Waals surface area contributed by atoms with Gasteiger partial charge in [0, 0.05) is 16.5 Å². The molecule has 1 atom stereocenters. The number of hydrogen-bond acceptors (Lipinski definition) is 5. The summed E-state index contributed by atoms with van der Waals surface area (Å²) in [6.07, 6.45) is 0.545. The first-order chi connectivity index (χ1) is 12.2. The first-order valence-electron chi connectivity index (χ1n) is 7.91. The zero-order valence-electron chi connectivity index (χ0n) is 15.0. The molecule has 0 saturated carbocycles. The van der Waals surface area contributed by atoms with E-state index in [1.807, 2.05) is 0 Å². The van der Waals surface area contributed by atoms with Crippen molar-refractivity contribution in [2.24, 2.45) is 5.41 Å². The fourth-order valence-corrected chi connectivity index (χ4v) is 2.21. The van der Waals surface area contributed by atoms with Crippen molar-refractivity contribution in [1.29, 1.82) is 0 Å². The van der Waals surface area contributed by atoms with Gasteiger partial charge < -0.3 is 14.5 Å². The summed E-state index contributed by atoms with van der Waals surface area (Å²) in [5, 5.41) is 2.51. The highest BCUT2D eigenvalue weighted by Crippen LogP contribution is 2.27. The van der Waals surface area contributed by atoms with Gasteiger partial charge in [-0.2, -0.15) is 0 Å². The molecule has 1 N–H and O–H groups in total. The Morgan fingerprint density at radius 3 is 2.42 bits per heavy atom. The van der Waals surface area contributed by atoms with Crippen LogP contribution in [0.2, 0.25) is 0 Å². The second kappa shape index (κ2) is 7.51. The van der Waals surface area contributed by atoms with Crippen molar-refractivity contribution < 1.29 is 27.9 Å². The van der Waals surface area contributed by atoms with Gasteiger partial charge in [-0.1, -0.05) is 32.9 Å². The van der Waals surface area contributed by atoms with E-state index in [-0.39, 0.29) is 11.3 Å². The van der Waals surface area contributed by atoms with E-state index in [1.165, 1.54) is 30.3 Å². The Bertz CT molecular complexity index is 835. The summed E-state index contributed by atoms with van der Waals surface area (Å²) in [4.78, 5) is 35.0. The monoisotopic (exact) mass is 361 g/mol.